The third-order valence-corrected chi connectivity index (χ3v) is 3.37. The zero-order valence-electron chi connectivity index (χ0n) is 9.96. The molecule has 1 amide bonds. The Kier molecular flexibility index (Phi) is 3.64. The molecular weight excluding hydrogens is 238 g/mol. The Balaban J connectivity index is 2.07. The summed E-state index contributed by atoms with van der Waals surface area (Å²) in [6.07, 6.45) is 0. The van der Waals surface area contributed by atoms with Crippen LogP contribution in [0.2, 0.25) is 5.15 Å². The van der Waals surface area contributed by atoms with Crippen LogP contribution in [-0.2, 0) is 4.79 Å². The molecule has 4 nitrogen and oxygen atoms in total. The summed E-state index contributed by atoms with van der Waals surface area (Å²) in [5, 5.41) is 6.57. The number of hydrogen-bond acceptors (Lipinski definition) is 3. The monoisotopic (exact) mass is 253 g/mol. The summed E-state index contributed by atoms with van der Waals surface area (Å²) in [4.78, 5) is 16.2. The first kappa shape index (κ1) is 12.3. The number of nitrogens with zero attached hydrogens (tertiary/aromatic N) is 1. The molecule has 0 aromatic carbocycles. The molecule has 2 rings (SSSR count). The fraction of sp³-hybridized carbons (Fsp3) is 0.500. The number of amides is 1. The molecule has 2 N–H and O–H groups in total. The van der Waals surface area contributed by atoms with Crippen molar-refractivity contribution in [1.29, 1.82) is 0 Å². The molecule has 1 aliphatic heterocycles. The molecule has 2 unspecified atom stereocenters. The Morgan fingerprint density at radius 1 is 1.53 bits per heavy atom. The Labute approximate surface area is 106 Å². The van der Waals surface area contributed by atoms with Crippen LogP contribution >= 0.6 is 11.6 Å². The molecule has 0 aliphatic carbocycles. The van der Waals surface area contributed by atoms with Gasteiger partial charge in [0.15, 0.2) is 0 Å². The molecule has 5 heteroatoms. The first-order chi connectivity index (χ1) is 8.08. The summed E-state index contributed by atoms with van der Waals surface area (Å²) in [6, 6.07) is 3.47. The van der Waals surface area contributed by atoms with E-state index in [1.54, 1.807) is 12.1 Å². The lowest BCUT2D eigenvalue weighted by Crippen LogP contribution is -2.28. The lowest BCUT2D eigenvalue weighted by molar-refractivity contribution is -0.120. The van der Waals surface area contributed by atoms with E-state index in [1.807, 2.05) is 6.92 Å². The van der Waals surface area contributed by atoms with Crippen LogP contribution in [0, 0.1) is 18.8 Å². The molecule has 17 heavy (non-hydrogen) atoms. The van der Waals surface area contributed by atoms with E-state index in [4.69, 9.17) is 11.6 Å². The summed E-state index contributed by atoms with van der Waals surface area (Å²) in [5.41, 5.74) is 1.47. The minimum Gasteiger partial charge on any atom is -0.324 e. The van der Waals surface area contributed by atoms with E-state index in [0.29, 0.717) is 11.1 Å². The molecule has 1 fully saturated rings. The Hall–Kier alpha value is -1.13. The molecule has 1 aliphatic rings. The maximum atomic E-state index is 12.1. The largest absolute Gasteiger partial charge is 0.324 e. The van der Waals surface area contributed by atoms with Gasteiger partial charge in [0.1, 0.15) is 5.15 Å². The summed E-state index contributed by atoms with van der Waals surface area (Å²) in [5.74, 6) is 0.454. The Bertz CT molecular complexity index is 436. The number of rotatable bonds is 2. The molecule has 2 heterocycles. The number of anilines is 1. The number of aromatic nitrogens is 1. The molecule has 0 radical (unpaired) electrons. The molecule has 2 atom stereocenters. The number of halogens is 1. The minimum absolute atomic E-state index is 0.0325. The average molecular weight is 254 g/mol. The zero-order valence-corrected chi connectivity index (χ0v) is 10.7. The van der Waals surface area contributed by atoms with E-state index in [2.05, 4.69) is 22.5 Å². The maximum Gasteiger partial charge on any atom is 0.229 e. The number of carbonyl (C=O) groups excluding carboxylic acids is 1. The first-order valence-corrected chi connectivity index (χ1v) is 6.10. The smallest absolute Gasteiger partial charge is 0.229 e. The molecule has 0 saturated carbocycles. The molecule has 1 aromatic heterocycles. The van der Waals surface area contributed by atoms with Crippen molar-refractivity contribution in [2.24, 2.45) is 11.8 Å². The summed E-state index contributed by atoms with van der Waals surface area (Å²) in [6.45, 7) is 5.55. The molecule has 92 valence electrons. The van der Waals surface area contributed by atoms with Gasteiger partial charge >= 0.3 is 0 Å². The summed E-state index contributed by atoms with van der Waals surface area (Å²) < 4.78 is 0. The van der Waals surface area contributed by atoms with Crippen LogP contribution < -0.4 is 10.6 Å². The van der Waals surface area contributed by atoms with Crippen molar-refractivity contribution in [2.45, 2.75) is 13.8 Å². The fourth-order valence-electron chi connectivity index (χ4n) is 2.05. The van der Waals surface area contributed by atoms with Crippen LogP contribution in [0.1, 0.15) is 12.6 Å². The van der Waals surface area contributed by atoms with Crippen molar-refractivity contribution in [3.05, 3.63) is 23.0 Å². The number of aryl methyl sites for hydroxylation is 1. The third kappa shape index (κ3) is 2.76. The van der Waals surface area contributed by atoms with Gasteiger partial charge in [0, 0.05) is 6.54 Å². The van der Waals surface area contributed by atoms with Crippen molar-refractivity contribution in [1.82, 2.24) is 10.3 Å². The highest BCUT2D eigenvalue weighted by Crippen LogP contribution is 2.20. The topological polar surface area (TPSA) is 54.0 Å². The summed E-state index contributed by atoms with van der Waals surface area (Å²) >= 11 is 5.77. The second-order valence-electron chi connectivity index (χ2n) is 4.50. The number of carbonyl (C=O) groups is 1. The van der Waals surface area contributed by atoms with Gasteiger partial charge in [-0.25, -0.2) is 4.98 Å². The van der Waals surface area contributed by atoms with Crippen molar-refractivity contribution in [2.75, 3.05) is 18.4 Å². The van der Waals surface area contributed by atoms with Gasteiger partial charge in [0.05, 0.1) is 17.3 Å². The Morgan fingerprint density at radius 3 is 2.88 bits per heavy atom. The van der Waals surface area contributed by atoms with Gasteiger partial charge in [-0.05, 0) is 31.5 Å². The van der Waals surface area contributed by atoms with Crippen molar-refractivity contribution >= 4 is 23.2 Å². The van der Waals surface area contributed by atoms with Crippen LogP contribution in [0.4, 0.5) is 5.69 Å². The molecule has 1 aromatic rings. The number of nitrogens with one attached hydrogen (secondary N) is 2. The zero-order chi connectivity index (χ0) is 12.4. The van der Waals surface area contributed by atoms with Crippen LogP contribution in [0.5, 0.6) is 0 Å². The van der Waals surface area contributed by atoms with Crippen molar-refractivity contribution in [3.63, 3.8) is 0 Å². The predicted octanol–water partition coefficient (Wildman–Crippen LogP) is 1.84. The van der Waals surface area contributed by atoms with E-state index in [-0.39, 0.29) is 11.8 Å². The maximum absolute atomic E-state index is 12.1. The molecule has 1 saturated heterocycles. The molecular formula is C12H16ClN3O. The first-order valence-electron chi connectivity index (χ1n) is 5.72. The second-order valence-corrected chi connectivity index (χ2v) is 4.89. The van der Waals surface area contributed by atoms with Crippen LogP contribution in [-0.4, -0.2) is 24.0 Å². The minimum atomic E-state index is 0.0325. The van der Waals surface area contributed by atoms with E-state index in [9.17, 15) is 4.79 Å². The second kappa shape index (κ2) is 5.02. The highest BCUT2D eigenvalue weighted by molar-refractivity contribution is 6.29. The highest BCUT2D eigenvalue weighted by atomic mass is 35.5. The third-order valence-electron chi connectivity index (χ3n) is 3.16. The summed E-state index contributed by atoms with van der Waals surface area (Å²) in [7, 11) is 0. The molecule has 0 bridgehead atoms. The van der Waals surface area contributed by atoms with Crippen LogP contribution in [0.3, 0.4) is 0 Å². The van der Waals surface area contributed by atoms with E-state index in [1.165, 1.54) is 0 Å². The van der Waals surface area contributed by atoms with E-state index < -0.39 is 0 Å². The van der Waals surface area contributed by atoms with Gasteiger partial charge in [0.25, 0.3) is 0 Å². The SMILES string of the molecule is Cc1nc(Cl)ccc1NC(=O)C1CNCC1C. The van der Waals surface area contributed by atoms with Gasteiger partial charge in [-0.3, -0.25) is 4.79 Å². The van der Waals surface area contributed by atoms with Crippen molar-refractivity contribution in [3.8, 4) is 0 Å². The number of pyridine rings is 1. The van der Waals surface area contributed by atoms with Gasteiger partial charge in [-0.1, -0.05) is 18.5 Å². The lowest BCUT2D eigenvalue weighted by Gasteiger charge is -2.15. The van der Waals surface area contributed by atoms with Gasteiger partial charge in [-0.15, -0.1) is 0 Å². The van der Waals surface area contributed by atoms with Gasteiger partial charge < -0.3 is 10.6 Å². The Morgan fingerprint density at radius 2 is 2.29 bits per heavy atom. The average Bonchev–Trinajstić information content (AvgIpc) is 2.68. The van der Waals surface area contributed by atoms with Crippen LogP contribution in [0.15, 0.2) is 12.1 Å². The highest BCUT2D eigenvalue weighted by Gasteiger charge is 2.29. The van der Waals surface area contributed by atoms with Gasteiger partial charge in [-0.2, -0.15) is 0 Å². The van der Waals surface area contributed by atoms with E-state index in [0.717, 1.165) is 24.5 Å². The van der Waals surface area contributed by atoms with E-state index >= 15 is 0 Å². The number of hydrogen-bond donors (Lipinski definition) is 2. The van der Waals surface area contributed by atoms with Crippen LogP contribution in [0.25, 0.3) is 0 Å². The van der Waals surface area contributed by atoms with Gasteiger partial charge in [0.2, 0.25) is 5.91 Å². The normalized spacial score (nSPS) is 23.7. The van der Waals surface area contributed by atoms with Crippen molar-refractivity contribution < 1.29 is 4.79 Å². The predicted molar refractivity (Wildman–Crippen MR) is 68.1 cm³/mol. The fourth-order valence-corrected chi connectivity index (χ4v) is 2.24. The standard InChI is InChI=1S/C12H16ClN3O/c1-7-5-14-6-9(7)12(17)16-10-3-4-11(13)15-8(10)2/h3-4,7,9,14H,5-6H2,1-2H3,(H,16,17). The quantitative estimate of drug-likeness (QED) is 0.791. The molecule has 0 spiro atoms. The lowest BCUT2D eigenvalue weighted by atomic mass is 9.97.